The Kier molecular flexibility index (Phi) is 3.30. The van der Waals surface area contributed by atoms with Crippen LogP contribution in [0.4, 0.5) is 0 Å². The second-order valence-electron chi connectivity index (χ2n) is 6.03. The van der Waals surface area contributed by atoms with E-state index in [1.807, 2.05) is 30.3 Å². The van der Waals surface area contributed by atoms with Gasteiger partial charge in [-0.25, -0.2) is 0 Å². The molecule has 1 aromatic carbocycles. The van der Waals surface area contributed by atoms with E-state index in [1.165, 1.54) is 25.8 Å². The van der Waals surface area contributed by atoms with Crippen LogP contribution >= 0.6 is 0 Å². The summed E-state index contributed by atoms with van der Waals surface area (Å²) < 4.78 is 0. The van der Waals surface area contributed by atoms with E-state index in [0.29, 0.717) is 0 Å². The number of rotatable bonds is 4. The Morgan fingerprint density at radius 1 is 1.32 bits per heavy atom. The van der Waals surface area contributed by atoms with Crippen molar-refractivity contribution in [1.29, 1.82) is 5.26 Å². The summed E-state index contributed by atoms with van der Waals surface area (Å²) in [5.74, 6) is 0.899. The van der Waals surface area contributed by atoms with Crippen LogP contribution < -0.4 is 5.73 Å². The van der Waals surface area contributed by atoms with E-state index in [1.54, 1.807) is 0 Å². The standard InChI is InChI=1S/C16H21N3/c17-12-16(18,14-4-2-1-3-5-14)8-9-19-11-13-6-7-15(19)10-13/h1-5,13,15H,6-11,18H2. The van der Waals surface area contributed by atoms with Crippen LogP contribution in [0.25, 0.3) is 0 Å². The molecule has 3 unspecified atom stereocenters. The van der Waals surface area contributed by atoms with Crippen LogP contribution in [0.3, 0.4) is 0 Å². The quantitative estimate of drug-likeness (QED) is 0.897. The topological polar surface area (TPSA) is 53.1 Å². The van der Waals surface area contributed by atoms with Crippen molar-refractivity contribution in [3.63, 3.8) is 0 Å². The lowest BCUT2D eigenvalue weighted by molar-refractivity contribution is 0.200. The summed E-state index contributed by atoms with van der Waals surface area (Å²) in [5.41, 5.74) is 6.40. The number of hydrogen-bond acceptors (Lipinski definition) is 3. The molecule has 100 valence electrons. The molecule has 1 saturated heterocycles. The fourth-order valence-corrected chi connectivity index (χ4v) is 3.62. The fourth-order valence-electron chi connectivity index (χ4n) is 3.62. The van der Waals surface area contributed by atoms with Crippen molar-refractivity contribution in [3.8, 4) is 6.07 Å². The van der Waals surface area contributed by atoms with Gasteiger partial charge in [0.25, 0.3) is 0 Å². The smallest absolute Gasteiger partial charge is 0.131 e. The van der Waals surface area contributed by atoms with Crippen molar-refractivity contribution in [1.82, 2.24) is 4.90 Å². The van der Waals surface area contributed by atoms with Gasteiger partial charge in [-0.3, -0.25) is 4.90 Å². The minimum absolute atomic E-state index is 0.719. The molecule has 3 heteroatoms. The highest BCUT2D eigenvalue weighted by atomic mass is 15.2. The highest BCUT2D eigenvalue weighted by Gasteiger charge is 2.38. The minimum Gasteiger partial charge on any atom is -0.310 e. The average molecular weight is 255 g/mol. The summed E-state index contributed by atoms with van der Waals surface area (Å²) in [7, 11) is 0. The van der Waals surface area contributed by atoms with Crippen LogP contribution in [0.15, 0.2) is 30.3 Å². The van der Waals surface area contributed by atoms with Gasteiger partial charge in [-0.05, 0) is 37.2 Å². The highest BCUT2D eigenvalue weighted by Crippen LogP contribution is 2.37. The Morgan fingerprint density at radius 3 is 2.68 bits per heavy atom. The van der Waals surface area contributed by atoms with Crippen LogP contribution in [0.2, 0.25) is 0 Å². The van der Waals surface area contributed by atoms with Gasteiger partial charge in [0.2, 0.25) is 0 Å². The first-order chi connectivity index (χ1) is 9.21. The molecule has 2 N–H and O–H groups in total. The van der Waals surface area contributed by atoms with E-state index in [-0.39, 0.29) is 0 Å². The normalized spacial score (nSPS) is 29.1. The van der Waals surface area contributed by atoms with Gasteiger partial charge in [0, 0.05) is 19.1 Å². The molecule has 0 amide bonds. The van der Waals surface area contributed by atoms with Crippen LogP contribution in [0.5, 0.6) is 0 Å². The monoisotopic (exact) mass is 255 g/mol. The maximum atomic E-state index is 9.45. The lowest BCUT2D eigenvalue weighted by Gasteiger charge is -2.30. The summed E-state index contributed by atoms with van der Waals surface area (Å²) in [6, 6.07) is 12.8. The molecule has 0 aromatic heterocycles. The van der Waals surface area contributed by atoms with Gasteiger partial charge in [-0.2, -0.15) is 5.26 Å². The van der Waals surface area contributed by atoms with E-state index in [9.17, 15) is 5.26 Å². The molecule has 1 heterocycles. The predicted octanol–water partition coefficient (Wildman–Crippen LogP) is 2.24. The molecule has 1 aliphatic heterocycles. The lowest BCUT2D eigenvalue weighted by Crippen LogP contribution is -2.41. The van der Waals surface area contributed by atoms with E-state index in [0.717, 1.165) is 30.5 Å². The zero-order valence-electron chi connectivity index (χ0n) is 11.3. The summed E-state index contributed by atoms with van der Waals surface area (Å²) in [6.45, 7) is 2.15. The molecule has 3 atom stereocenters. The second kappa shape index (κ2) is 4.96. The van der Waals surface area contributed by atoms with Gasteiger partial charge in [0.15, 0.2) is 0 Å². The van der Waals surface area contributed by atoms with Gasteiger partial charge in [-0.1, -0.05) is 30.3 Å². The lowest BCUT2D eigenvalue weighted by atomic mass is 9.89. The summed E-state index contributed by atoms with van der Waals surface area (Å²) in [4.78, 5) is 2.54. The number of benzene rings is 1. The number of piperidine rings is 1. The number of nitriles is 1. The van der Waals surface area contributed by atoms with Crippen molar-refractivity contribution < 1.29 is 0 Å². The fraction of sp³-hybridized carbons (Fsp3) is 0.562. The van der Waals surface area contributed by atoms with Crippen molar-refractivity contribution in [2.75, 3.05) is 13.1 Å². The number of nitrogens with two attached hydrogens (primary N) is 1. The third-order valence-electron chi connectivity index (χ3n) is 4.80. The third kappa shape index (κ3) is 2.39. The van der Waals surface area contributed by atoms with Crippen LogP contribution in [0.1, 0.15) is 31.2 Å². The first-order valence-electron chi connectivity index (χ1n) is 7.21. The SMILES string of the molecule is N#CC(N)(CCN1CC2CCC1C2)c1ccccc1. The summed E-state index contributed by atoms with van der Waals surface area (Å²) in [6.07, 6.45) is 4.80. The number of nitrogens with zero attached hydrogens (tertiary/aromatic N) is 2. The van der Waals surface area contributed by atoms with Gasteiger partial charge >= 0.3 is 0 Å². The molecule has 2 bridgehead atoms. The summed E-state index contributed by atoms with van der Waals surface area (Å²) >= 11 is 0. The van der Waals surface area contributed by atoms with Gasteiger partial charge in [0.05, 0.1) is 6.07 Å². The number of hydrogen-bond donors (Lipinski definition) is 1. The van der Waals surface area contributed by atoms with Crippen molar-refractivity contribution in [2.45, 2.75) is 37.3 Å². The molecule has 1 aromatic rings. The van der Waals surface area contributed by atoms with E-state index in [2.05, 4.69) is 11.0 Å². The first kappa shape index (κ1) is 12.7. The molecular formula is C16H21N3. The summed E-state index contributed by atoms with van der Waals surface area (Å²) in [5, 5.41) is 9.45. The first-order valence-corrected chi connectivity index (χ1v) is 7.21. The van der Waals surface area contributed by atoms with Crippen molar-refractivity contribution in [2.24, 2.45) is 11.7 Å². The van der Waals surface area contributed by atoms with Crippen LogP contribution in [-0.4, -0.2) is 24.0 Å². The zero-order valence-corrected chi connectivity index (χ0v) is 11.3. The number of fused-ring (bicyclic) bond motifs is 2. The second-order valence-corrected chi connectivity index (χ2v) is 6.03. The average Bonchev–Trinajstić information content (AvgIpc) is 3.08. The molecule has 2 fully saturated rings. The molecule has 1 aliphatic carbocycles. The minimum atomic E-state index is -0.844. The Hall–Kier alpha value is -1.37. The molecule has 0 spiro atoms. The Bertz CT molecular complexity index is 479. The Balaban J connectivity index is 1.66. The van der Waals surface area contributed by atoms with E-state index in [4.69, 9.17) is 5.73 Å². The van der Waals surface area contributed by atoms with Gasteiger partial charge < -0.3 is 5.73 Å². The molecule has 2 aliphatic rings. The zero-order chi connectivity index (χ0) is 13.3. The molecule has 19 heavy (non-hydrogen) atoms. The highest BCUT2D eigenvalue weighted by molar-refractivity contribution is 5.30. The van der Waals surface area contributed by atoms with Gasteiger partial charge in [-0.15, -0.1) is 0 Å². The Morgan fingerprint density at radius 2 is 2.11 bits per heavy atom. The largest absolute Gasteiger partial charge is 0.310 e. The third-order valence-corrected chi connectivity index (χ3v) is 4.80. The molecular weight excluding hydrogens is 234 g/mol. The van der Waals surface area contributed by atoms with Crippen molar-refractivity contribution >= 4 is 0 Å². The Labute approximate surface area is 115 Å². The van der Waals surface area contributed by atoms with Gasteiger partial charge in [0.1, 0.15) is 5.54 Å². The predicted molar refractivity (Wildman–Crippen MR) is 75.2 cm³/mol. The molecule has 3 nitrogen and oxygen atoms in total. The van der Waals surface area contributed by atoms with Crippen LogP contribution in [-0.2, 0) is 5.54 Å². The van der Waals surface area contributed by atoms with Crippen LogP contribution in [0, 0.1) is 17.2 Å². The van der Waals surface area contributed by atoms with E-state index < -0.39 is 5.54 Å². The van der Waals surface area contributed by atoms with E-state index >= 15 is 0 Å². The molecule has 3 rings (SSSR count). The number of likely N-dealkylation sites (tertiary alicyclic amines) is 1. The molecule has 0 radical (unpaired) electrons. The maximum Gasteiger partial charge on any atom is 0.131 e. The molecule has 1 saturated carbocycles. The maximum absolute atomic E-state index is 9.45. The van der Waals surface area contributed by atoms with Crippen molar-refractivity contribution in [3.05, 3.63) is 35.9 Å².